The molecule has 1 aromatic carbocycles. The second-order valence-corrected chi connectivity index (χ2v) is 10.5. The molecular formula is C26H31NO2. The molecular weight excluding hydrogens is 358 g/mol. The highest BCUT2D eigenvalue weighted by molar-refractivity contribution is 5.91. The van der Waals surface area contributed by atoms with Gasteiger partial charge in [-0.3, -0.25) is 0 Å². The van der Waals surface area contributed by atoms with Crippen LogP contribution in [0.15, 0.2) is 46.5 Å². The molecule has 0 bridgehead atoms. The summed E-state index contributed by atoms with van der Waals surface area (Å²) in [5.74, 6) is 3.18. The van der Waals surface area contributed by atoms with Gasteiger partial charge in [0.15, 0.2) is 5.76 Å². The lowest BCUT2D eigenvalue weighted by atomic mass is 9.47. The first-order valence-electron chi connectivity index (χ1n) is 11.4. The van der Waals surface area contributed by atoms with Crippen molar-refractivity contribution in [1.82, 2.24) is 5.16 Å². The molecule has 6 unspecified atom stereocenters. The van der Waals surface area contributed by atoms with Crippen molar-refractivity contribution in [2.75, 3.05) is 0 Å². The lowest BCUT2D eigenvalue weighted by molar-refractivity contribution is -0.0241. The van der Waals surface area contributed by atoms with Gasteiger partial charge >= 0.3 is 0 Å². The topological polar surface area (TPSA) is 46.3 Å². The Morgan fingerprint density at radius 1 is 1.00 bits per heavy atom. The molecule has 1 N–H and O–H groups in total. The lowest BCUT2D eigenvalue weighted by Gasteiger charge is -2.57. The molecule has 0 saturated heterocycles. The monoisotopic (exact) mass is 389 g/mol. The van der Waals surface area contributed by atoms with Crippen LogP contribution < -0.4 is 0 Å². The molecule has 1 heterocycles. The van der Waals surface area contributed by atoms with Crippen LogP contribution in [0.3, 0.4) is 0 Å². The highest BCUT2D eigenvalue weighted by Gasteiger charge is 2.57. The van der Waals surface area contributed by atoms with Crippen LogP contribution in [0.2, 0.25) is 0 Å². The maximum absolute atomic E-state index is 10.2. The summed E-state index contributed by atoms with van der Waals surface area (Å²) in [4.78, 5) is 0. The molecule has 0 amide bonds. The Labute approximate surface area is 172 Å². The van der Waals surface area contributed by atoms with Gasteiger partial charge in [-0.05, 0) is 85.7 Å². The zero-order valence-electron chi connectivity index (χ0n) is 17.5. The fourth-order valence-corrected chi connectivity index (χ4v) is 7.64. The standard InChI is InChI=1S/C26H31NO2/c1-25-13-11-17(28)15-16(25)7-8-18-20-9-10-22(26(20,2)14-12-21(18)25)24-19-5-3-4-6-23(19)27-29-24/h3-7,10,17-18,20-21,28H,8-9,11-15H2,1-2H3. The largest absolute Gasteiger partial charge is 0.393 e. The quantitative estimate of drug-likeness (QED) is 0.596. The zero-order chi connectivity index (χ0) is 19.8. The van der Waals surface area contributed by atoms with Crippen molar-refractivity contribution in [1.29, 1.82) is 0 Å². The summed E-state index contributed by atoms with van der Waals surface area (Å²) in [5, 5.41) is 15.7. The minimum Gasteiger partial charge on any atom is -0.393 e. The first kappa shape index (κ1) is 17.9. The second-order valence-electron chi connectivity index (χ2n) is 10.5. The SMILES string of the molecule is CC12CCC(O)CC1=CCC1C2CCC2(C)C(c3onc4ccccc34)=CCC12. The molecule has 0 aliphatic heterocycles. The van der Waals surface area contributed by atoms with Gasteiger partial charge in [0.05, 0.1) is 6.10 Å². The van der Waals surface area contributed by atoms with E-state index in [9.17, 15) is 5.11 Å². The zero-order valence-corrected chi connectivity index (χ0v) is 17.5. The number of allylic oxidation sites excluding steroid dienone is 3. The van der Waals surface area contributed by atoms with Gasteiger partial charge < -0.3 is 9.63 Å². The van der Waals surface area contributed by atoms with Gasteiger partial charge in [0.1, 0.15) is 5.52 Å². The van der Waals surface area contributed by atoms with Crippen molar-refractivity contribution in [3.63, 3.8) is 0 Å². The first-order chi connectivity index (χ1) is 14.0. The average molecular weight is 390 g/mol. The molecule has 0 radical (unpaired) electrons. The number of aliphatic hydroxyl groups is 1. The van der Waals surface area contributed by atoms with E-state index in [4.69, 9.17) is 4.52 Å². The number of rotatable bonds is 1. The van der Waals surface area contributed by atoms with E-state index in [1.54, 1.807) is 5.57 Å². The molecule has 4 aliphatic rings. The van der Waals surface area contributed by atoms with Crippen LogP contribution in [0.4, 0.5) is 0 Å². The molecule has 2 saturated carbocycles. The summed E-state index contributed by atoms with van der Waals surface area (Å²) in [6.45, 7) is 4.98. The molecule has 152 valence electrons. The number of aromatic nitrogens is 1. The van der Waals surface area contributed by atoms with Crippen molar-refractivity contribution >= 4 is 16.5 Å². The molecule has 6 atom stereocenters. The third kappa shape index (κ3) is 2.37. The molecule has 4 aliphatic carbocycles. The molecule has 2 fully saturated rings. The maximum atomic E-state index is 10.2. The molecule has 0 spiro atoms. The maximum Gasteiger partial charge on any atom is 0.170 e. The Hall–Kier alpha value is -1.87. The Kier molecular flexibility index (Phi) is 3.76. The number of fused-ring (bicyclic) bond motifs is 6. The number of aliphatic hydroxyl groups excluding tert-OH is 1. The van der Waals surface area contributed by atoms with E-state index in [-0.39, 0.29) is 11.5 Å². The van der Waals surface area contributed by atoms with Crippen LogP contribution in [-0.2, 0) is 0 Å². The molecule has 1 aromatic heterocycles. The highest BCUT2D eigenvalue weighted by atomic mass is 16.5. The van der Waals surface area contributed by atoms with Gasteiger partial charge in [-0.25, -0.2) is 0 Å². The van der Waals surface area contributed by atoms with E-state index in [2.05, 4.69) is 43.3 Å². The molecule has 2 aromatic rings. The number of nitrogens with zero attached hydrogens (tertiary/aromatic N) is 1. The Bertz CT molecular complexity index is 1030. The van der Waals surface area contributed by atoms with Gasteiger partial charge in [-0.2, -0.15) is 0 Å². The lowest BCUT2D eigenvalue weighted by Crippen LogP contribution is -2.49. The van der Waals surface area contributed by atoms with Crippen molar-refractivity contribution in [2.45, 2.75) is 64.9 Å². The number of hydrogen-bond acceptors (Lipinski definition) is 3. The third-order valence-electron chi connectivity index (χ3n) is 9.29. The Balaban J connectivity index is 1.36. The highest BCUT2D eigenvalue weighted by Crippen LogP contribution is 2.66. The smallest absolute Gasteiger partial charge is 0.170 e. The summed E-state index contributed by atoms with van der Waals surface area (Å²) >= 11 is 0. The van der Waals surface area contributed by atoms with Gasteiger partial charge in [-0.15, -0.1) is 0 Å². The fourth-order valence-electron chi connectivity index (χ4n) is 7.64. The molecule has 29 heavy (non-hydrogen) atoms. The first-order valence-corrected chi connectivity index (χ1v) is 11.4. The van der Waals surface area contributed by atoms with Crippen molar-refractivity contribution in [3.8, 4) is 0 Å². The van der Waals surface area contributed by atoms with E-state index >= 15 is 0 Å². The van der Waals surface area contributed by atoms with Crippen LogP contribution in [0.5, 0.6) is 0 Å². The summed E-state index contributed by atoms with van der Waals surface area (Å²) in [6.07, 6.45) is 12.7. The van der Waals surface area contributed by atoms with Crippen molar-refractivity contribution in [3.05, 3.63) is 47.8 Å². The van der Waals surface area contributed by atoms with Gasteiger partial charge in [0, 0.05) is 11.0 Å². The van der Waals surface area contributed by atoms with Crippen LogP contribution >= 0.6 is 0 Å². The number of benzene rings is 1. The molecule has 3 heteroatoms. The molecule has 3 nitrogen and oxygen atoms in total. The minimum atomic E-state index is -0.126. The minimum absolute atomic E-state index is 0.126. The normalized spacial score (nSPS) is 41.3. The van der Waals surface area contributed by atoms with Crippen LogP contribution in [0.1, 0.15) is 64.6 Å². The summed E-state index contributed by atoms with van der Waals surface area (Å²) in [6, 6.07) is 8.30. The van der Waals surface area contributed by atoms with Crippen LogP contribution in [0.25, 0.3) is 16.5 Å². The summed E-state index contributed by atoms with van der Waals surface area (Å²) < 4.78 is 5.91. The van der Waals surface area contributed by atoms with Gasteiger partial charge in [0.2, 0.25) is 0 Å². The number of hydrogen-bond donors (Lipinski definition) is 1. The van der Waals surface area contributed by atoms with Crippen molar-refractivity contribution in [2.24, 2.45) is 28.6 Å². The fraction of sp³-hybridized carbons (Fsp3) is 0.577. The average Bonchev–Trinajstić information content (AvgIpc) is 3.29. The van der Waals surface area contributed by atoms with E-state index in [0.29, 0.717) is 11.3 Å². The van der Waals surface area contributed by atoms with Crippen molar-refractivity contribution < 1.29 is 9.63 Å². The van der Waals surface area contributed by atoms with Crippen LogP contribution in [-0.4, -0.2) is 16.4 Å². The molecule has 6 rings (SSSR count). The summed E-state index contributed by atoms with van der Waals surface area (Å²) in [5.41, 5.74) is 4.38. The van der Waals surface area contributed by atoms with Gasteiger partial charge in [0.25, 0.3) is 0 Å². The van der Waals surface area contributed by atoms with Gasteiger partial charge in [-0.1, -0.05) is 48.9 Å². The van der Waals surface area contributed by atoms with E-state index < -0.39 is 0 Å². The van der Waals surface area contributed by atoms with E-state index in [0.717, 1.165) is 54.2 Å². The third-order valence-corrected chi connectivity index (χ3v) is 9.29. The predicted octanol–water partition coefficient (Wildman–Crippen LogP) is 6.14. The van der Waals surface area contributed by atoms with E-state index in [1.807, 2.05) is 12.1 Å². The second kappa shape index (κ2) is 6.07. The van der Waals surface area contributed by atoms with Crippen LogP contribution in [0, 0.1) is 28.6 Å². The predicted molar refractivity (Wildman–Crippen MR) is 115 cm³/mol. The Morgan fingerprint density at radius 2 is 1.83 bits per heavy atom. The summed E-state index contributed by atoms with van der Waals surface area (Å²) in [7, 11) is 0. The Morgan fingerprint density at radius 3 is 2.72 bits per heavy atom. The van der Waals surface area contributed by atoms with E-state index in [1.165, 1.54) is 24.8 Å².